The molecule has 0 amide bonds. The maximum absolute atomic E-state index is 6.49. The Labute approximate surface area is 415 Å². The number of benzene rings is 2. The molecular weight excluding hydrogens is 835 g/mol. The summed E-state index contributed by atoms with van der Waals surface area (Å²) in [6.45, 7) is 7.59. The van der Waals surface area contributed by atoms with E-state index in [0.717, 1.165) is 71.3 Å². The Balaban J connectivity index is 1.28. The van der Waals surface area contributed by atoms with Gasteiger partial charge in [0.05, 0.1) is 37.3 Å². The van der Waals surface area contributed by atoms with Gasteiger partial charge in [0.2, 0.25) is 0 Å². The van der Waals surface area contributed by atoms with Crippen molar-refractivity contribution in [2.24, 2.45) is 0 Å². The summed E-state index contributed by atoms with van der Waals surface area (Å²) < 4.78 is 21.4. The summed E-state index contributed by atoms with van der Waals surface area (Å²) in [5.74, 6) is 12.1. The van der Waals surface area contributed by atoms with Gasteiger partial charge in [0.25, 0.3) is 0 Å². The summed E-state index contributed by atoms with van der Waals surface area (Å²) in [4.78, 5) is 8.89. The average molecular weight is 928 g/mol. The summed E-state index contributed by atoms with van der Waals surface area (Å²) in [6.07, 6.45) is 58.1. The molecule has 0 N–H and O–H groups in total. The van der Waals surface area contributed by atoms with Crippen LogP contribution in [0.5, 0.6) is 17.2 Å². The van der Waals surface area contributed by atoms with Crippen LogP contribution < -0.4 is 14.2 Å². The SMILES string of the molecule is C#Cc1cc(OCCCCCCCCCCCCCCCC)c(C#Cc2ccc(OCCCCCCCCn3ccnc3)c3ncccc23)cc1OCCCCCCCCCCCCCCCC. The molecule has 68 heavy (non-hydrogen) atoms. The van der Waals surface area contributed by atoms with Crippen LogP contribution in [-0.4, -0.2) is 34.4 Å². The van der Waals surface area contributed by atoms with Gasteiger partial charge in [-0.1, -0.05) is 224 Å². The lowest BCUT2D eigenvalue weighted by molar-refractivity contribution is 0.295. The lowest BCUT2D eigenvalue weighted by Crippen LogP contribution is -2.03. The van der Waals surface area contributed by atoms with Crippen LogP contribution in [0.15, 0.2) is 61.3 Å². The fraction of sp³-hybridized carbons (Fsp3) is 0.645. The molecule has 2 heterocycles. The number of fused-ring (bicyclic) bond motifs is 1. The number of ether oxygens (including phenoxy) is 3. The first-order valence-electron chi connectivity index (χ1n) is 28.1. The minimum atomic E-state index is 0.640. The molecule has 0 radical (unpaired) electrons. The van der Waals surface area contributed by atoms with Crippen molar-refractivity contribution in [3.05, 3.63) is 78.0 Å². The van der Waals surface area contributed by atoms with E-state index < -0.39 is 0 Å². The van der Waals surface area contributed by atoms with E-state index in [9.17, 15) is 0 Å². The van der Waals surface area contributed by atoms with Crippen molar-refractivity contribution in [3.63, 3.8) is 0 Å². The highest BCUT2D eigenvalue weighted by atomic mass is 16.5. The van der Waals surface area contributed by atoms with Crippen molar-refractivity contribution in [1.29, 1.82) is 0 Å². The van der Waals surface area contributed by atoms with E-state index >= 15 is 0 Å². The Kier molecular flexibility index (Phi) is 31.7. The number of hydrogen-bond donors (Lipinski definition) is 0. The first-order valence-corrected chi connectivity index (χ1v) is 28.1. The average Bonchev–Trinajstić information content (AvgIpc) is 3.89. The van der Waals surface area contributed by atoms with Crippen LogP contribution in [0.25, 0.3) is 10.9 Å². The van der Waals surface area contributed by atoms with Gasteiger partial charge in [-0.2, -0.15) is 0 Å². The van der Waals surface area contributed by atoms with Gasteiger partial charge in [-0.15, -0.1) is 6.42 Å². The highest BCUT2D eigenvalue weighted by molar-refractivity contribution is 5.90. The second kappa shape index (κ2) is 38.4. The summed E-state index contributed by atoms with van der Waals surface area (Å²) in [6, 6.07) is 12.1. The van der Waals surface area contributed by atoms with E-state index in [1.165, 1.54) is 193 Å². The number of hydrogen-bond acceptors (Lipinski definition) is 5. The topological polar surface area (TPSA) is 58.4 Å². The Hall–Kier alpha value is -4.42. The van der Waals surface area contributed by atoms with Crippen molar-refractivity contribution in [2.45, 2.75) is 239 Å². The molecule has 6 nitrogen and oxygen atoms in total. The maximum Gasteiger partial charge on any atom is 0.145 e. The molecule has 0 aliphatic heterocycles. The Morgan fingerprint density at radius 3 is 1.35 bits per heavy atom. The highest BCUT2D eigenvalue weighted by Gasteiger charge is 2.12. The summed E-state index contributed by atoms with van der Waals surface area (Å²) in [5, 5.41) is 0.981. The van der Waals surface area contributed by atoms with Crippen LogP contribution in [-0.2, 0) is 6.54 Å². The van der Waals surface area contributed by atoms with Crippen LogP contribution in [0.2, 0.25) is 0 Å². The van der Waals surface area contributed by atoms with E-state index in [-0.39, 0.29) is 0 Å². The quantitative estimate of drug-likeness (QED) is 0.0327. The number of aryl methyl sites for hydroxylation is 1. The zero-order chi connectivity index (χ0) is 47.8. The van der Waals surface area contributed by atoms with Gasteiger partial charge >= 0.3 is 0 Å². The van der Waals surface area contributed by atoms with Crippen molar-refractivity contribution >= 4 is 10.9 Å². The lowest BCUT2D eigenvalue weighted by atomic mass is 10.0. The summed E-state index contributed by atoms with van der Waals surface area (Å²) in [7, 11) is 0. The number of imidazole rings is 1. The van der Waals surface area contributed by atoms with E-state index in [1.54, 1.807) is 0 Å². The zero-order valence-corrected chi connectivity index (χ0v) is 43.3. The molecule has 0 atom stereocenters. The number of aromatic nitrogens is 3. The Morgan fingerprint density at radius 2 is 0.882 bits per heavy atom. The van der Waals surface area contributed by atoms with Crippen LogP contribution in [0, 0.1) is 24.2 Å². The van der Waals surface area contributed by atoms with Gasteiger partial charge in [0, 0.05) is 48.2 Å². The molecule has 0 aliphatic rings. The predicted molar refractivity (Wildman–Crippen MR) is 289 cm³/mol. The van der Waals surface area contributed by atoms with E-state index in [4.69, 9.17) is 25.6 Å². The van der Waals surface area contributed by atoms with Gasteiger partial charge in [0.1, 0.15) is 22.8 Å². The molecule has 0 aliphatic carbocycles. The molecule has 4 aromatic rings. The molecule has 2 aromatic heterocycles. The van der Waals surface area contributed by atoms with Gasteiger partial charge in [-0.3, -0.25) is 4.98 Å². The third-order valence-corrected chi connectivity index (χ3v) is 13.4. The normalized spacial score (nSPS) is 11.1. The predicted octanol–water partition coefficient (Wildman–Crippen LogP) is 18.0. The van der Waals surface area contributed by atoms with Crippen LogP contribution >= 0.6 is 0 Å². The highest BCUT2D eigenvalue weighted by Crippen LogP contribution is 2.31. The van der Waals surface area contributed by atoms with E-state index in [0.29, 0.717) is 25.6 Å². The van der Waals surface area contributed by atoms with Crippen molar-refractivity contribution < 1.29 is 14.2 Å². The molecule has 6 heteroatoms. The van der Waals surface area contributed by atoms with Gasteiger partial charge in [-0.05, 0) is 49.9 Å². The Morgan fingerprint density at radius 1 is 0.456 bits per heavy atom. The third kappa shape index (κ3) is 24.7. The fourth-order valence-electron chi connectivity index (χ4n) is 9.18. The molecule has 4 rings (SSSR count). The minimum Gasteiger partial charge on any atom is -0.492 e. The molecule has 0 bridgehead atoms. The van der Waals surface area contributed by atoms with Gasteiger partial charge in [0.15, 0.2) is 0 Å². The molecule has 374 valence electrons. The minimum absolute atomic E-state index is 0.640. The molecule has 0 spiro atoms. The molecule has 0 saturated carbocycles. The molecule has 0 unspecified atom stereocenters. The van der Waals surface area contributed by atoms with Crippen molar-refractivity contribution in [2.75, 3.05) is 19.8 Å². The first-order chi connectivity index (χ1) is 33.7. The second-order valence-electron chi connectivity index (χ2n) is 19.4. The monoisotopic (exact) mass is 928 g/mol. The fourth-order valence-corrected chi connectivity index (χ4v) is 9.18. The molecule has 0 saturated heterocycles. The maximum atomic E-state index is 6.49. The molecule has 2 aromatic carbocycles. The number of nitrogens with zero attached hydrogens (tertiary/aromatic N) is 3. The summed E-state index contributed by atoms with van der Waals surface area (Å²) in [5.41, 5.74) is 3.26. The van der Waals surface area contributed by atoms with Gasteiger partial charge < -0.3 is 18.8 Å². The number of rotatable bonds is 42. The van der Waals surface area contributed by atoms with Crippen LogP contribution in [0.1, 0.15) is 249 Å². The first kappa shape index (κ1) is 56.2. The Bertz CT molecular complexity index is 1950. The second-order valence-corrected chi connectivity index (χ2v) is 19.4. The summed E-state index contributed by atoms with van der Waals surface area (Å²) >= 11 is 0. The standard InChI is InChI=1S/C62H93N3O3/c1-4-7-9-11-13-15-17-19-21-23-25-28-32-37-50-67-60-53-57(61(52-55(60)6-3)68-51-38-33-29-26-24-22-20-18-16-14-12-10-8-5-2)42-41-56-43-44-59(62-58(56)40-39-45-64-62)66-49-36-34-30-27-31-35-47-65-48-46-63-54-65/h3,39-40,43-46,48,52-54H,4-5,7-38,47,49-51H2,1-2H3. The van der Waals surface area contributed by atoms with Crippen molar-refractivity contribution in [3.8, 4) is 41.4 Å². The van der Waals surface area contributed by atoms with Crippen molar-refractivity contribution in [1.82, 2.24) is 14.5 Å². The third-order valence-electron chi connectivity index (χ3n) is 13.4. The molecular formula is C62H93N3O3. The molecule has 0 fully saturated rings. The number of pyridine rings is 1. The smallest absolute Gasteiger partial charge is 0.145 e. The van der Waals surface area contributed by atoms with E-state index in [1.807, 2.05) is 49.2 Å². The lowest BCUT2D eigenvalue weighted by Gasteiger charge is -2.14. The zero-order valence-electron chi connectivity index (χ0n) is 43.3. The van der Waals surface area contributed by atoms with Crippen LogP contribution in [0.4, 0.5) is 0 Å². The van der Waals surface area contributed by atoms with Gasteiger partial charge in [-0.25, -0.2) is 4.98 Å². The number of unbranched alkanes of at least 4 members (excludes halogenated alkanes) is 31. The van der Waals surface area contributed by atoms with Crippen LogP contribution in [0.3, 0.4) is 0 Å². The number of terminal acetylenes is 1. The largest absolute Gasteiger partial charge is 0.492 e. The van der Waals surface area contributed by atoms with E-state index in [2.05, 4.69) is 53.3 Å².